The van der Waals surface area contributed by atoms with Gasteiger partial charge >= 0.3 is 0 Å². The molecule has 0 aliphatic heterocycles. The molecule has 11 rings (SSSR count). The van der Waals surface area contributed by atoms with Crippen molar-refractivity contribution in [2.24, 2.45) is 0 Å². The average Bonchev–Trinajstić information content (AvgIpc) is 4.02. The number of ether oxygens (including phenoxy) is 1. The monoisotopic (exact) mass is 1020 g/mol. The van der Waals surface area contributed by atoms with Crippen molar-refractivity contribution in [3.05, 3.63) is 224 Å². The van der Waals surface area contributed by atoms with E-state index in [1.165, 1.54) is 27.3 Å². The Hall–Kier alpha value is -7.33. The first-order valence-electron chi connectivity index (χ1n) is 27.6. The number of aromatic nitrogens is 4. The number of pyridine rings is 1. The van der Waals surface area contributed by atoms with Crippen LogP contribution in [0.3, 0.4) is 0 Å². The molecule has 3 heterocycles. The molecule has 0 N–H and O–H groups in total. The summed E-state index contributed by atoms with van der Waals surface area (Å²) in [4.78, 5) is 4.79. The van der Waals surface area contributed by atoms with E-state index in [4.69, 9.17) is 30.3 Å². The SMILES string of the molecule is [2H]c1c([2H])c([2H])c(-c2cccc(-c3c([2H])c([2H])c([2H])c([2H])c3[2H])c2-[n+]2[c-]n(-c3[c-]c(Oc4[c-]c5c(cc4)c4ccccc4n5-c4cc(C(C)(C)C)ccn4)ccc3)c3c(-c4c([2H])c([2H])c([2H])c([2H])c4[2H])cccc32)c([2H])c1[2H].[Pt]. The molecule has 8 aromatic carbocycles. The number of para-hydroxylation sites is 3. The molecule has 0 radical (unpaired) electrons. The predicted molar refractivity (Wildman–Crippen MR) is 255 cm³/mol. The van der Waals surface area contributed by atoms with E-state index in [-0.39, 0.29) is 88.0 Å². The van der Waals surface area contributed by atoms with Crippen LogP contribution in [0.2, 0.25) is 0 Å². The predicted octanol–water partition coefficient (Wildman–Crippen LogP) is 13.9. The van der Waals surface area contributed by atoms with Gasteiger partial charge in [0, 0.05) is 44.3 Å². The van der Waals surface area contributed by atoms with Crippen molar-refractivity contribution in [3.63, 3.8) is 0 Å². The van der Waals surface area contributed by atoms with Gasteiger partial charge in [-0.3, -0.25) is 4.57 Å². The first-order chi connectivity index (χ1) is 37.1. The maximum absolute atomic E-state index is 9.14. The van der Waals surface area contributed by atoms with E-state index in [0.717, 1.165) is 21.9 Å². The first kappa shape index (κ1) is 27.0. The molecule has 0 bridgehead atoms. The number of imidazole rings is 1. The van der Waals surface area contributed by atoms with E-state index in [0.29, 0.717) is 17.1 Å². The average molecular weight is 1020 g/mol. The Balaban J connectivity index is 0.00000704. The molecular weight excluding hydrogens is 964 g/mol. The molecule has 0 unspecified atom stereocenters. The van der Waals surface area contributed by atoms with Gasteiger partial charge in [-0.1, -0.05) is 172 Å². The molecule has 11 aromatic rings. The number of hydrogen-bond donors (Lipinski definition) is 0. The Morgan fingerprint density at radius 2 is 1.22 bits per heavy atom. The smallest absolute Gasteiger partial charge is 0.268 e. The quantitative estimate of drug-likeness (QED) is 0.112. The minimum Gasteiger partial charge on any atom is -0.510 e. The number of rotatable bonds is 8. The molecule has 0 saturated carbocycles. The van der Waals surface area contributed by atoms with Crippen LogP contribution in [0.1, 0.15) is 46.9 Å². The zero-order valence-corrected chi connectivity index (χ0v) is 36.7. The van der Waals surface area contributed by atoms with Gasteiger partial charge in [-0.25, -0.2) is 4.98 Å². The first-order valence-corrected chi connectivity index (χ1v) is 20.1. The fraction of sp³-hybridized carbons (Fsp3) is 0.0690. The van der Waals surface area contributed by atoms with Crippen LogP contribution in [0, 0.1) is 18.5 Å². The van der Waals surface area contributed by atoms with Gasteiger partial charge in [0.25, 0.3) is 6.33 Å². The van der Waals surface area contributed by atoms with Crippen molar-refractivity contribution >= 4 is 32.8 Å². The summed E-state index contributed by atoms with van der Waals surface area (Å²) < 4.78 is 144. The molecule has 0 aliphatic carbocycles. The third-order valence-electron chi connectivity index (χ3n) is 10.9. The Morgan fingerprint density at radius 1 is 0.609 bits per heavy atom. The molecule has 3 aromatic heterocycles. The van der Waals surface area contributed by atoms with Gasteiger partial charge < -0.3 is 13.9 Å². The van der Waals surface area contributed by atoms with Crippen molar-refractivity contribution in [1.29, 1.82) is 0 Å². The van der Waals surface area contributed by atoms with Crippen LogP contribution >= 0.6 is 0 Å². The second-order valence-electron chi connectivity index (χ2n) is 15.7. The summed E-state index contributed by atoms with van der Waals surface area (Å²) in [6, 6.07) is 27.7. The van der Waals surface area contributed by atoms with Gasteiger partial charge in [0.15, 0.2) is 0 Å². The van der Waals surface area contributed by atoms with E-state index in [1.807, 2.05) is 41.0 Å². The van der Waals surface area contributed by atoms with E-state index in [9.17, 15) is 0 Å². The second kappa shape index (κ2) is 16.7. The fourth-order valence-corrected chi connectivity index (χ4v) is 7.96. The number of hydrogen-bond acceptors (Lipinski definition) is 2. The number of fused-ring (bicyclic) bond motifs is 4. The summed E-state index contributed by atoms with van der Waals surface area (Å²) in [7, 11) is 0. The maximum Gasteiger partial charge on any atom is 0.268 e. The van der Waals surface area contributed by atoms with Gasteiger partial charge in [0.2, 0.25) is 0 Å². The summed E-state index contributed by atoms with van der Waals surface area (Å²) in [5.74, 6) is 1.20. The Labute approximate surface area is 408 Å². The summed E-state index contributed by atoms with van der Waals surface area (Å²) in [6.07, 6.45) is 5.12. The van der Waals surface area contributed by atoms with Gasteiger partial charge in [0.1, 0.15) is 5.82 Å². The zero-order chi connectivity index (χ0) is 55.5. The second-order valence-corrected chi connectivity index (χ2v) is 15.7. The Morgan fingerprint density at radius 3 is 1.91 bits per heavy atom. The zero-order valence-electron chi connectivity index (χ0n) is 49.4. The number of nitrogens with zero attached hydrogens (tertiary/aromatic N) is 4. The molecular formula is C58H42N4OPt-2. The van der Waals surface area contributed by atoms with Crippen LogP contribution in [0.15, 0.2) is 200 Å². The van der Waals surface area contributed by atoms with Crippen molar-refractivity contribution in [1.82, 2.24) is 14.1 Å². The van der Waals surface area contributed by atoms with Crippen molar-refractivity contribution in [2.75, 3.05) is 0 Å². The number of benzene rings is 8. The largest absolute Gasteiger partial charge is 0.510 e. The molecule has 0 amide bonds. The molecule has 5 nitrogen and oxygen atoms in total. The Kier molecular flexibility index (Phi) is 7.06. The topological polar surface area (TPSA) is 35.9 Å². The molecule has 6 heteroatoms. The van der Waals surface area contributed by atoms with Crippen LogP contribution in [0.25, 0.3) is 83.4 Å². The summed E-state index contributed by atoms with van der Waals surface area (Å²) in [5, 5.41) is 1.89. The molecule has 0 aliphatic rings. The van der Waals surface area contributed by atoms with Crippen molar-refractivity contribution in [2.45, 2.75) is 26.2 Å². The fourth-order valence-electron chi connectivity index (χ4n) is 7.96. The van der Waals surface area contributed by atoms with E-state index in [2.05, 4.69) is 45.3 Å². The van der Waals surface area contributed by atoms with E-state index in [1.54, 1.807) is 48.7 Å². The summed E-state index contributed by atoms with van der Waals surface area (Å²) in [6.45, 7) is 6.41. The summed E-state index contributed by atoms with van der Waals surface area (Å²) >= 11 is 0. The maximum atomic E-state index is 9.14. The van der Waals surface area contributed by atoms with E-state index < -0.39 is 90.6 Å². The van der Waals surface area contributed by atoms with Crippen molar-refractivity contribution < 1.29 is 50.9 Å². The molecule has 0 saturated heterocycles. The molecule has 0 fully saturated rings. The van der Waals surface area contributed by atoms with Gasteiger partial charge in [-0.15, -0.1) is 29.7 Å². The molecule has 0 atom stereocenters. The van der Waals surface area contributed by atoms with Gasteiger partial charge in [-0.2, -0.15) is 18.2 Å². The molecule has 0 spiro atoms. The minimum absolute atomic E-state index is 0. The van der Waals surface area contributed by atoms with Gasteiger partial charge in [-0.05, 0) is 73.6 Å². The molecule has 64 heavy (non-hydrogen) atoms. The van der Waals surface area contributed by atoms with E-state index >= 15 is 0 Å². The van der Waals surface area contributed by atoms with Crippen LogP contribution in [-0.2, 0) is 26.5 Å². The minimum atomic E-state index is -0.656. The third-order valence-corrected chi connectivity index (χ3v) is 10.9. The van der Waals surface area contributed by atoms with Crippen LogP contribution in [0.4, 0.5) is 0 Å². The standard InChI is InChI=1S/C58H42N4O.Pt/c1-58(2,3)43-34-35-59-55(36-43)62-52-30-14-13-26-50(52)51-33-32-46(38-54(51)62)63-45-25-15-24-44(37-45)60-39-61(53-31-17-29-49(57(53)60)42-22-11-6-12-23-42)56-47(40-18-7-4-8-19-40)27-16-28-48(56)41-20-9-5-10-21-41;/h4-36H,1-3H3;/q-2;/i4D,5D,6D,7D,8D,9D,10D,11D,12D,18D,19D,20D,21D,22D,23D;. The van der Waals surface area contributed by atoms with Gasteiger partial charge in [0.05, 0.1) is 37.3 Å². The molecule has 312 valence electrons. The van der Waals surface area contributed by atoms with Crippen LogP contribution in [-0.4, -0.2) is 14.1 Å². The van der Waals surface area contributed by atoms with Crippen molar-refractivity contribution in [3.8, 4) is 62.1 Å². The normalized spacial score (nSPS) is 14.8. The Bertz CT molecular complexity index is 4200. The van der Waals surface area contributed by atoms with Crippen LogP contribution < -0.4 is 9.30 Å². The van der Waals surface area contributed by atoms with Crippen LogP contribution in [0.5, 0.6) is 11.5 Å². The third kappa shape index (κ3) is 7.32. The summed E-state index contributed by atoms with van der Waals surface area (Å²) in [5.41, 5.74) is 2.47.